The van der Waals surface area contributed by atoms with E-state index in [1.807, 2.05) is 0 Å². The topological polar surface area (TPSA) is 90.9 Å². The Labute approximate surface area is 153 Å². The Balaban J connectivity index is 2.04. The quantitative estimate of drug-likeness (QED) is 0.780. The average Bonchev–Trinajstić information content (AvgIpc) is 2.66. The van der Waals surface area contributed by atoms with Gasteiger partial charge in [-0.2, -0.15) is 0 Å². The summed E-state index contributed by atoms with van der Waals surface area (Å²) in [5.41, 5.74) is 0.290. The van der Waals surface area contributed by atoms with E-state index in [0.717, 1.165) is 19.3 Å². The van der Waals surface area contributed by atoms with Gasteiger partial charge in [0.1, 0.15) is 5.75 Å². The molecule has 0 aliphatic heterocycles. The molecule has 0 spiro atoms. The first kappa shape index (κ1) is 19.8. The van der Waals surface area contributed by atoms with Crippen molar-refractivity contribution in [3.63, 3.8) is 0 Å². The normalized spacial score (nSPS) is 19.3. The number of methoxy groups -OCH3 is 2. The molecule has 0 bridgehead atoms. The molecular weight excluding hydrogens is 338 g/mol. The van der Waals surface area contributed by atoms with Gasteiger partial charge in [0.2, 0.25) is 0 Å². The smallest absolute Gasteiger partial charge is 0.338 e. The minimum absolute atomic E-state index is 0.145. The molecule has 2 rings (SSSR count). The number of esters is 2. The third-order valence-corrected chi connectivity index (χ3v) is 4.58. The number of nitrogens with one attached hydrogen (secondary N) is 1. The van der Waals surface area contributed by atoms with Crippen molar-refractivity contribution in [2.75, 3.05) is 20.8 Å². The summed E-state index contributed by atoms with van der Waals surface area (Å²) in [5.74, 6) is -0.782. The molecule has 0 radical (unpaired) electrons. The lowest BCUT2D eigenvalue weighted by Crippen LogP contribution is -2.43. The van der Waals surface area contributed by atoms with E-state index in [4.69, 9.17) is 4.74 Å². The summed E-state index contributed by atoms with van der Waals surface area (Å²) in [7, 11) is 2.49. The van der Waals surface area contributed by atoms with Crippen molar-refractivity contribution >= 4 is 17.8 Å². The molecule has 1 N–H and O–H groups in total. The van der Waals surface area contributed by atoms with Crippen LogP contribution in [0.4, 0.5) is 0 Å². The van der Waals surface area contributed by atoms with E-state index < -0.39 is 11.9 Å². The van der Waals surface area contributed by atoms with Crippen LogP contribution >= 0.6 is 0 Å². The lowest BCUT2D eigenvalue weighted by Gasteiger charge is -2.29. The molecule has 1 aromatic rings. The number of hydrogen-bond donors (Lipinski definition) is 1. The Bertz CT molecular complexity index is 638. The van der Waals surface area contributed by atoms with Crippen LogP contribution < -0.4 is 10.1 Å². The predicted octanol–water partition coefficient (Wildman–Crippen LogP) is 2.33. The maximum Gasteiger partial charge on any atom is 0.338 e. The van der Waals surface area contributed by atoms with E-state index in [0.29, 0.717) is 5.92 Å². The predicted molar refractivity (Wildman–Crippen MR) is 94.2 cm³/mol. The van der Waals surface area contributed by atoms with Crippen molar-refractivity contribution in [2.45, 2.75) is 38.6 Å². The molecule has 1 aliphatic carbocycles. The number of ether oxygens (including phenoxy) is 3. The minimum atomic E-state index is -0.610. The number of carbonyl (C=O) groups excluding carboxylic acids is 3. The van der Waals surface area contributed by atoms with Gasteiger partial charge in [-0.3, -0.25) is 4.79 Å². The van der Waals surface area contributed by atoms with Gasteiger partial charge < -0.3 is 19.5 Å². The van der Waals surface area contributed by atoms with E-state index in [2.05, 4.69) is 21.7 Å². The maximum absolute atomic E-state index is 12.2. The summed E-state index contributed by atoms with van der Waals surface area (Å²) in [4.78, 5) is 35.7. The molecule has 26 heavy (non-hydrogen) atoms. The van der Waals surface area contributed by atoms with Crippen molar-refractivity contribution in [3.05, 3.63) is 29.3 Å². The molecule has 1 fully saturated rings. The summed E-state index contributed by atoms with van der Waals surface area (Å²) < 4.78 is 14.8. The Kier molecular flexibility index (Phi) is 7.00. The summed E-state index contributed by atoms with van der Waals surface area (Å²) >= 11 is 0. The first-order valence-corrected chi connectivity index (χ1v) is 8.68. The Morgan fingerprint density at radius 2 is 1.58 bits per heavy atom. The zero-order chi connectivity index (χ0) is 19.1. The van der Waals surface area contributed by atoms with Crippen LogP contribution in [-0.2, 0) is 14.3 Å². The van der Waals surface area contributed by atoms with Crippen LogP contribution in [-0.4, -0.2) is 44.7 Å². The molecule has 7 nitrogen and oxygen atoms in total. The highest BCUT2D eigenvalue weighted by Gasteiger charge is 2.23. The summed E-state index contributed by atoms with van der Waals surface area (Å²) in [6, 6.07) is 4.37. The molecule has 0 saturated heterocycles. The fourth-order valence-corrected chi connectivity index (χ4v) is 3.08. The van der Waals surface area contributed by atoms with Crippen LogP contribution in [0.3, 0.4) is 0 Å². The van der Waals surface area contributed by atoms with Gasteiger partial charge in [0.25, 0.3) is 5.91 Å². The van der Waals surface area contributed by atoms with Crippen LogP contribution in [0.2, 0.25) is 0 Å². The fraction of sp³-hybridized carbons (Fsp3) is 0.526. The summed E-state index contributed by atoms with van der Waals surface area (Å²) in [6.07, 6.45) is 4.38. The van der Waals surface area contributed by atoms with Gasteiger partial charge in [-0.05, 0) is 37.0 Å². The van der Waals surface area contributed by atoms with E-state index in [1.165, 1.54) is 38.8 Å². The van der Waals surface area contributed by atoms with Gasteiger partial charge in [-0.15, -0.1) is 0 Å². The number of carbonyl (C=O) groups is 3. The van der Waals surface area contributed by atoms with E-state index in [1.54, 1.807) is 0 Å². The lowest BCUT2D eigenvalue weighted by molar-refractivity contribution is -0.124. The molecule has 7 heteroatoms. The zero-order valence-electron chi connectivity index (χ0n) is 15.4. The van der Waals surface area contributed by atoms with Crippen molar-refractivity contribution in [3.8, 4) is 5.75 Å². The molecule has 1 amide bonds. The first-order valence-electron chi connectivity index (χ1n) is 8.68. The van der Waals surface area contributed by atoms with Gasteiger partial charge in [0.15, 0.2) is 6.61 Å². The minimum Gasteiger partial charge on any atom is -0.484 e. The fourth-order valence-electron chi connectivity index (χ4n) is 3.08. The highest BCUT2D eigenvalue weighted by atomic mass is 16.5. The summed E-state index contributed by atoms with van der Waals surface area (Å²) in [6.45, 7) is 1.93. The van der Waals surface area contributed by atoms with Gasteiger partial charge in [0, 0.05) is 6.04 Å². The van der Waals surface area contributed by atoms with Crippen molar-refractivity contribution < 1.29 is 28.6 Å². The Morgan fingerprint density at radius 1 is 1.00 bits per heavy atom. The zero-order valence-corrected chi connectivity index (χ0v) is 15.4. The van der Waals surface area contributed by atoms with E-state index in [-0.39, 0.29) is 35.4 Å². The number of rotatable bonds is 6. The highest BCUT2D eigenvalue weighted by molar-refractivity contribution is 5.96. The number of benzene rings is 1. The van der Waals surface area contributed by atoms with Crippen molar-refractivity contribution in [1.29, 1.82) is 0 Å². The second-order valence-corrected chi connectivity index (χ2v) is 6.45. The number of amides is 1. The largest absolute Gasteiger partial charge is 0.484 e. The molecule has 0 heterocycles. The lowest BCUT2D eigenvalue weighted by atomic mass is 9.86. The SMILES string of the molecule is COC(=O)c1cc(OCC(=O)NC2CCCCC2C)cc(C(=O)OC)c1. The monoisotopic (exact) mass is 363 g/mol. The average molecular weight is 363 g/mol. The molecular formula is C19H25NO6. The number of hydrogen-bond acceptors (Lipinski definition) is 6. The van der Waals surface area contributed by atoms with Crippen molar-refractivity contribution in [1.82, 2.24) is 5.32 Å². The van der Waals surface area contributed by atoms with Crippen LogP contribution in [0.15, 0.2) is 18.2 Å². The van der Waals surface area contributed by atoms with Crippen LogP contribution in [0.1, 0.15) is 53.3 Å². The van der Waals surface area contributed by atoms with Gasteiger partial charge >= 0.3 is 11.9 Å². The van der Waals surface area contributed by atoms with E-state index in [9.17, 15) is 14.4 Å². The second kappa shape index (κ2) is 9.22. The van der Waals surface area contributed by atoms with Crippen LogP contribution in [0.25, 0.3) is 0 Å². The molecule has 1 aromatic carbocycles. The Hall–Kier alpha value is -2.57. The van der Waals surface area contributed by atoms with Crippen molar-refractivity contribution in [2.24, 2.45) is 5.92 Å². The Morgan fingerprint density at radius 3 is 2.12 bits per heavy atom. The molecule has 1 saturated carbocycles. The molecule has 2 unspecified atom stereocenters. The maximum atomic E-state index is 12.2. The summed E-state index contributed by atoms with van der Waals surface area (Å²) in [5, 5.41) is 2.99. The van der Waals surface area contributed by atoms with E-state index >= 15 is 0 Å². The van der Waals surface area contributed by atoms with Crippen LogP contribution in [0.5, 0.6) is 5.75 Å². The third-order valence-electron chi connectivity index (χ3n) is 4.58. The standard InChI is InChI=1S/C19H25NO6/c1-12-6-4-5-7-16(12)20-17(21)11-26-15-9-13(18(22)24-2)8-14(10-15)19(23)25-3/h8-10,12,16H,4-7,11H2,1-3H3,(H,20,21). The molecule has 2 atom stereocenters. The van der Waals surface area contributed by atoms with Gasteiger partial charge in [0.05, 0.1) is 25.3 Å². The molecule has 1 aliphatic rings. The first-order chi connectivity index (χ1) is 12.4. The molecule has 0 aromatic heterocycles. The third kappa shape index (κ3) is 5.21. The van der Waals surface area contributed by atoms with Gasteiger partial charge in [-0.1, -0.05) is 19.8 Å². The van der Waals surface area contributed by atoms with Crippen LogP contribution in [0, 0.1) is 5.92 Å². The van der Waals surface area contributed by atoms with Gasteiger partial charge in [-0.25, -0.2) is 9.59 Å². The second-order valence-electron chi connectivity index (χ2n) is 6.45. The molecule has 142 valence electrons. The highest BCUT2D eigenvalue weighted by Crippen LogP contribution is 2.24.